The van der Waals surface area contributed by atoms with Crippen molar-refractivity contribution >= 4 is 5.78 Å². The Bertz CT molecular complexity index is 795. The van der Waals surface area contributed by atoms with Crippen molar-refractivity contribution in [2.24, 2.45) is 0 Å². The van der Waals surface area contributed by atoms with E-state index < -0.39 is 0 Å². The van der Waals surface area contributed by atoms with Gasteiger partial charge in [-0.2, -0.15) is 0 Å². The Morgan fingerprint density at radius 1 is 0.609 bits per heavy atom. The number of benzene rings is 3. The molecule has 3 aromatic rings. The average Bonchev–Trinajstić information content (AvgIpc) is 2.63. The summed E-state index contributed by atoms with van der Waals surface area (Å²) in [4.78, 5) is 12.8. The molecule has 0 aliphatic heterocycles. The first kappa shape index (κ1) is 14.0. The molecule has 23 heavy (non-hydrogen) atoms. The van der Waals surface area contributed by atoms with Crippen LogP contribution in [0.15, 0.2) is 84.9 Å². The van der Waals surface area contributed by atoms with Crippen LogP contribution in [0.1, 0.15) is 33.5 Å². The summed E-state index contributed by atoms with van der Waals surface area (Å²) in [6.45, 7) is 0. The second-order valence-electron chi connectivity index (χ2n) is 6.25. The van der Waals surface area contributed by atoms with Crippen LogP contribution in [0.25, 0.3) is 0 Å². The second kappa shape index (κ2) is 5.51. The molecule has 0 radical (unpaired) electrons. The molecule has 0 fully saturated rings. The Morgan fingerprint density at radius 2 is 1.13 bits per heavy atom. The molecule has 0 aromatic heterocycles. The molecule has 0 saturated heterocycles. The quantitative estimate of drug-likeness (QED) is 0.664. The normalized spacial score (nSPS) is 15.9. The van der Waals surface area contributed by atoms with Gasteiger partial charge in [0.25, 0.3) is 0 Å². The van der Waals surface area contributed by atoms with Crippen LogP contribution >= 0.6 is 0 Å². The van der Waals surface area contributed by atoms with Gasteiger partial charge in [-0.25, -0.2) is 0 Å². The predicted molar refractivity (Wildman–Crippen MR) is 92.8 cm³/mol. The molecule has 0 amide bonds. The van der Waals surface area contributed by atoms with Crippen LogP contribution in [0.3, 0.4) is 0 Å². The Hall–Kier alpha value is -2.67. The summed E-state index contributed by atoms with van der Waals surface area (Å²) >= 11 is 0. The Labute approximate surface area is 136 Å². The van der Waals surface area contributed by atoms with Crippen LogP contribution < -0.4 is 0 Å². The summed E-state index contributed by atoms with van der Waals surface area (Å²) in [5.41, 5.74) is 4.20. The molecule has 0 unspecified atom stereocenters. The van der Waals surface area contributed by atoms with Crippen molar-refractivity contribution in [3.63, 3.8) is 0 Å². The van der Waals surface area contributed by atoms with Gasteiger partial charge in [-0.1, -0.05) is 84.9 Å². The number of ketones is 1. The fourth-order valence-corrected chi connectivity index (χ4v) is 3.79. The molecule has 1 aliphatic carbocycles. The van der Waals surface area contributed by atoms with E-state index in [1.165, 1.54) is 11.1 Å². The lowest BCUT2D eigenvalue weighted by Gasteiger charge is -2.38. The third-order valence-electron chi connectivity index (χ3n) is 4.93. The van der Waals surface area contributed by atoms with Crippen molar-refractivity contribution < 1.29 is 4.79 Å². The maximum Gasteiger partial charge on any atom is 0.164 e. The molecule has 1 nitrogen and oxygen atoms in total. The number of rotatable bonds is 2. The van der Waals surface area contributed by atoms with Gasteiger partial charge >= 0.3 is 0 Å². The average molecular weight is 298 g/mol. The van der Waals surface area contributed by atoms with E-state index in [0.717, 1.165) is 17.5 Å². The molecule has 0 heterocycles. The topological polar surface area (TPSA) is 17.1 Å². The summed E-state index contributed by atoms with van der Waals surface area (Å²) in [5, 5.41) is 0. The standard InChI is InChI=1S/C22H18O/c23-21-16-22(18-10-3-1-4-11-18,19-12-5-2-6-13-19)15-17-9-7-8-14-20(17)21/h1-14H,15-16H2. The zero-order valence-corrected chi connectivity index (χ0v) is 12.9. The molecule has 0 saturated carbocycles. The van der Waals surface area contributed by atoms with Crippen molar-refractivity contribution in [1.29, 1.82) is 0 Å². The Balaban J connectivity index is 1.94. The monoisotopic (exact) mass is 298 g/mol. The van der Waals surface area contributed by atoms with Gasteiger partial charge in [-0.3, -0.25) is 4.79 Å². The number of hydrogen-bond acceptors (Lipinski definition) is 1. The first-order valence-electron chi connectivity index (χ1n) is 8.02. The van der Waals surface area contributed by atoms with Crippen LogP contribution in [0.4, 0.5) is 0 Å². The minimum absolute atomic E-state index is 0.236. The van der Waals surface area contributed by atoms with Gasteiger partial charge in [-0.05, 0) is 23.1 Å². The molecule has 0 bridgehead atoms. The van der Waals surface area contributed by atoms with Crippen molar-refractivity contribution in [2.45, 2.75) is 18.3 Å². The molecule has 0 atom stereocenters. The highest BCUT2D eigenvalue weighted by molar-refractivity contribution is 6.00. The van der Waals surface area contributed by atoms with Gasteiger partial charge in [0.2, 0.25) is 0 Å². The van der Waals surface area contributed by atoms with E-state index in [2.05, 4.69) is 54.6 Å². The predicted octanol–water partition coefficient (Wildman–Crippen LogP) is 4.80. The maximum absolute atomic E-state index is 12.8. The van der Waals surface area contributed by atoms with Gasteiger partial charge in [0, 0.05) is 17.4 Å². The summed E-state index contributed by atoms with van der Waals surface area (Å²) in [6, 6.07) is 28.9. The molecule has 0 N–H and O–H groups in total. The number of carbonyl (C=O) groups excluding carboxylic acids is 1. The molecular formula is C22H18O. The molecule has 0 spiro atoms. The van der Waals surface area contributed by atoms with Crippen LogP contribution in [-0.2, 0) is 11.8 Å². The smallest absolute Gasteiger partial charge is 0.164 e. The minimum Gasteiger partial charge on any atom is -0.294 e. The second-order valence-corrected chi connectivity index (χ2v) is 6.25. The van der Waals surface area contributed by atoms with E-state index in [4.69, 9.17) is 0 Å². The molecule has 112 valence electrons. The molecule has 1 aliphatic rings. The summed E-state index contributed by atoms with van der Waals surface area (Å²) in [7, 11) is 0. The van der Waals surface area contributed by atoms with Crippen LogP contribution in [-0.4, -0.2) is 5.78 Å². The van der Waals surface area contributed by atoms with Gasteiger partial charge in [0.1, 0.15) is 0 Å². The van der Waals surface area contributed by atoms with Crippen molar-refractivity contribution in [2.75, 3.05) is 0 Å². The van der Waals surface area contributed by atoms with Crippen molar-refractivity contribution in [1.82, 2.24) is 0 Å². The summed E-state index contributed by atoms with van der Waals surface area (Å²) < 4.78 is 0. The zero-order valence-electron chi connectivity index (χ0n) is 12.9. The highest BCUT2D eigenvalue weighted by Crippen LogP contribution is 2.43. The zero-order chi connectivity index (χ0) is 15.7. The first-order valence-corrected chi connectivity index (χ1v) is 8.02. The van der Waals surface area contributed by atoms with E-state index in [-0.39, 0.29) is 11.2 Å². The first-order chi connectivity index (χ1) is 11.3. The highest BCUT2D eigenvalue weighted by atomic mass is 16.1. The van der Waals surface area contributed by atoms with Gasteiger partial charge in [0.15, 0.2) is 5.78 Å². The van der Waals surface area contributed by atoms with Gasteiger partial charge in [0.05, 0.1) is 0 Å². The molecule has 4 rings (SSSR count). The third-order valence-corrected chi connectivity index (χ3v) is 4.93. The van der Waals surface area contributed by atoms with Crippen LogP contribution in [0.5, 0.6) is 0 Å². The SMILES string of the molecule is O=C1CC(c2ccccc2)(c2ccccc2)Cc2ccccc21. The highest BCUT2D eigenvalue weighted by Gasteiger charge is 2.41. The van der Waals surface area contributed by atoms with Crippen molar-refractivity contribution in [3.05, 3.63) is 107 Å². The minimum atomic E-state index is -0.270. The lowest BCUT2D eigenvalue weighted by Crippen LogP contribution is -2.37. The van der Waals surface area contributed by atoms with E-state index >= 15 is 0 Å². The van der Waals surface area contributed by atoms with Crippen LogP contribution in [0, 0.1) is 0 Å². The van der Waals surface area contributed by atoms with Crippen LogP contribution in [0.2, 0.25) is 0 Å². The molecular weight excluding hydrogens is 280 g/mol. The van der Waals surface area contributed by atoms with Gasteiger partial charge < -0.3 is 0 Å². The number of fused-ring (bicyclic) bond motifs is 1. The number of Topliss-reactive ketones (excluding diaryl/α,β-unsaturated/α-hetero) is 1. The van der Waals surface area contributed by atoms with E-state index in [1.54, 1.807) is 0 Å². The molecule has 3 aromatic carbocycles. The lowest BCUT2D eigenvalue weighted by molar-refractivity contribution is 0.0945. The summed E-state index contributed by atoms with van der Waals surface area (Å²) in [5.74, 6) is 0.236. The van der Waals surface area contributed by atoms with E-state index in [9.17, 15) is 4.79 Å². The Morgan fingerprint density at radius 3 is 1.74 bits per heavy atom. The lowest BCUT2D eigenvalue weighted by atomic mass is 9.63. The summed E-state index contributed by atoms with van der Waals surface area (Å²) in [6.07, 6.45) is 1.39. The number of carbonyl (C=O) groups is 1. The van der Waals surface area contributed by atoms with Gasteiger partial charge in [-0.15, -0.1) is 0 Å². The van der Waals surface area contributed by atoms with E-state index in [1.807, 2.05) is 30.3 Å². The fraction of sp³-hybridized carbons (Fsp3) is 0.136. The largest absolute Gasteiger partial charge is 0.294 e. The Kier molecular flexibility index (Phi) is 3.34. The third kappa shape index (κ3) is 2.29. The maximum atomic E-state index is 12.8. The fourth-order valence-electron chi connectivity index (χ4n) is 3.79. The van der Waals surface area contributed by atoms with E-state index in [0.29, 0.717) is 6.42 Å². The number of hydrogen-bond donors (Lipinski definition) is 0. The van der Waals surface area contributed by atoms with Crippen molar-refractivity contribution in [3.8, 4) is 0 Å². The molecule has 1 heteroatoms.